The SMILES string of the molecule is O[C@H]1CCc2nccn2C1. The first-order valence-electron chi connectivity index (χ1n) is 3.54. The maximum atomic E-state index is 9.23. The lowest BCUT2D eigenvalue weighted by Gasteiger charge is -2.18. The van der Waals surface area contributed by atoms with Gasteiger partial charge in [0.25, 0.3) is 0 Å². The number of rotatable bonds is 0. The van der Waals surface area contributed by atoms with Gasteiger partial charge in [0.05, 0.1) is 6.10 Å². The summed E-state index contributed by atoms with van der Waals surface area (Å²) in [5.41, 5.74) is 0. The Morgan fingerprint density at radius 3 is 3.50 bits per heavy atom. The van der Waals surface area contributed by atoms with Crippen molar-refractivity contribution in [2.75, 3.05) is 0 Å². The summed E-state index contributed by atoms with van der Waals surface area (Å²) < 4.78 is 2.01. The lowest BCUT2D eigenvalue weighted by atomic mass is 10.1. The highest BCUT2D eigenvalue weighted by molar-refractivity contribution is 4.96. The van der Waals surface area contributed by atoms with Crippen molar-refractivity contribution in [3.05, 3.63) is 18.2 Å². The van der Waals surface area contributed by atoms with E-state index in [1.54, 1.807) is 6.20 Å². The summed E-state index contributed by atoms with van der Waals surface area (Å²) in [5, 5.41) is 9.23. The number of hydrogen-bond donors (Lipinski definition) is 1. The smallest absolute Gasteiger partial charge is 0.108 e. The van der Waals surface area contributed by atoms with E-state index in [1.165, 1.54) is 0 Å². The molecule has 2 rings (SSSR count). The average molecular weight is 138 g/mol. The number of aliphatic hydroxyl groups excluding tert-OH is 1. The number of hydrogen-bond acceptors (Lipinski definition) is 2. The molecular formula is C7H10N2O. The number of imidazole rings is 1. The minimum atomic E-state index is -0.165. The molecule has 1 aliphatic heterocycles. The monoisotopic (exact) mass is 138 g/mol. The molecule has 0 unspecified atom stereocenters. The van der Waals surface area contributed by atoms with Crippen LogP contribution in [0.5, 0.6) is 0 Å². The van der Waals surface area contributed by atoms with Crippen molar-refractivity contribution in [3.63, 3.8) is 0 Å². The minimum Gasteiger partial charge on any atom is -0.391 e. The molecule has 0 fully saturated rings. The van der Waals surface area contributed by atoms with Gasteiger partial charge in [-0.05, 0) is 6.42 Å². The second-order valence-corrected chi connectivity index (χ2v) is 2.69. The molecule has 1 aromatic heterocycles. The van der Waals surface area contributed by atoms with Crippen LogP contribution in [0.25, 0.3) is 0 Å². The Bertz CT molecular complexity index is 231. The number of nitrogens with zero attached hydrogens (tertiary/aromatic N) is 2. The van der Waals surface area contributed by atoms with Crippen molar-refractivity contribution in [2.45, 2.75) is 25.5 Å². The van der Waals surface area contributed by atoms with Crippen LogP contribution in [0.1, 0.15) is 12.2 Å². The van der Waals surface area contributed by atoms with Crippen LogP contribution in [-0.4, -0.2) is 20.8 Å². The summed E-state index contributed by atoms with van der Waals surface area (Å²) in [5.74, 6) is 1.10. The van der Waals surface area contributed by atoms with Gasteiger partial charge in [0.1, 0.15) is 5.82 Å². The maximum absolute atomic E-state index is 9.23. The first-order valence-corrected chi connectivity index (χ1v) is 3.54. The van der Waals surface area contributed by atoms with Crippen LogP contribution >= 0.6 is 0 Å². The van der Waals surface area contributed by atoms with E-state index in [4.69, 9.17) is 0 Å². The number of aromatic nitrogens is 2. The first kappa shape index (κ1) is 5.92. The molecule has 1 atom stereocenters. The van der Waals surface area contributed by atoms with Gasteiger partial charge in [0.2, 0.25) is 0 Å². The maximum Gasteiger partial charge on any atom is 0.108 e. The average Bonchev–Trinajstić information content (AvgIpc) is 2.33. The van der Waals surface area contributed by atoms with E-state index in [2.05, 4.69) is 4.98 Å². The van der Waals surface area contributed by atoms with Crippen LogP contribution in [0, 0.1) is 0 Å². The minimum absolute atomic E-state index is 0.165. The second kappa shape index (κ2) is 2.09. The lowest BCUT2D eigenvalue weighted by Crippen LogP contribution is -2.23. The Morgan fingerprint density at radius 2 is 2.60 bits per heavy atom. The van der Waals surface area contributed by atoms with Crippen molar-refractivity contribution < 1.29 is 5.11 Å². The zero-order chi connectivity index (χ0) is 6.97. The third kappa shape index (κ3) is 0.827. The highest BCUT2D eigenvalue weighted by Crippen LogP contribution is 2.11. The van der Waals surface area contributed by atoms with Crippen molar-refractivity contribution in [3.8, 4) is 0 Å². The van der Waals surface area contributed by atoms with Gasteiger partial charge in [-0.2, -0.15) is 0 Å². The summed E-state index contributed by atoms with van der Waals surface area (Å²) in [6, 6.07) is 0. The highest BCUT2D eigenvalue weighted by Gasteiger charge is 2.15. The number of aryl methyl sites for hydroxylation is 1. The molecule has 1 aliphatic rings. The Labute approximate surface area is 59.3 Å². The molecular weight excluding hydrogens is 128 g/mol. The van der Waals surface area contributed by atoms with Crippen molar-refractivity contribution in [1.82, 2.24) is 9.55 Å². The number of fused-ring (bicyclic) bond motifs is 1. The summed E-state index contributed by atoms with van der Waals surface area (Å²) in [7, 11) is 0. The van der Waals surface area contributed by atoms with Crippen LogP contribution in [0.15, 0.2) is 12.4 Å². The molecule has 0 aliphatic carbocycles. The summed E-state index contributed by atoms with van der Waals surface area (Å²) in [6.45, 7) is 0.718. The third-order valence-electron chi connectivity index (χ3n) is 1.91. The number of aliphatic hydroxyl groups is 1. The molecule has 1 aromatic rings. The molecule has 0 radical (unpaired) electrons. The van der Waals surface area contributed by atoms with E-state index in [-0.39, 0.29) is 6.10 Å². The van der Waals surface area contributed by atoms with Crippen molar-refractivity contribution in [1.29, 1.82) is 0 Å². The first-order chi connectivity index (χ1) is 4.86. The van der Waals surface area contributed by atoms with Gasteiger partial charge in [-0.15, -0.1) is 0 Å². The van der Waals surface area contributed by atoms with Gasteiger partial charge >= 0.3 is 0 Å². The fraction of sp³-hybridized carbons (Fsp3) is 0.571. The van der Waals surface area contributed by atoms with Gasteiger partial charge in [-0.25, -0.2) is 4.98 Å². The van der Waals surface area contributed by atoms with E-state index in [0.717, 1.165) is 25.2 Å². The van der Waals surface area contributed by atoms with E-state index in [0.29, 0.717) is 0 Å². The fourth-order valence-electron chi connectivity index (χ4n) is 1.35. The summed E-state index contributed by atoms with van der Waals surface area (Å²) in [6.07, 6.45) is 5.30. The fourth-order valence-corrected chi connectivity index (χ4v) is 1.35. The molecule has 0 aromatic carbocycles. The Balaban J connectivity index is 2.30. The predicted molar refractivity (Wildman–Crippen MR) is 36.6 cm³/mol. The molecule has 0 spiro atoms. The molecule has 0 saturated carbocycles. The molecule has 10 heavy (non-hydrogen) atoms. The molecule has 0 bridgehead atoms. The highest BCUT2D eigenvalue weighted by atomic mass is 16.3. The van der Waals surface area contributed by atoms with Crippen LogP contribution in [0.2, 0.25) is 0 Å². The van der Waals surface area contributed by atoms with Gasteiger partial charge in [-0.1, -0.05) is 0 Å². The van der Waals surface area contributed by atoms with Gasteiger partial charge in [0.15, 0.2) is 0 Å². The molecule has 0 saturated heterocycles. The van der Waals surface area contributed by atoms with Crippen LogP contribution in [0.3, 0.4) is 0 Å². The van der Waals surface area contributed by atoms with Gasteiger partial charge in [0, 0.05) is 25.4 Å². The van der Waals surface area contributed by atoms with E-state index in [1.807, 2.05) is 10.8 Å². The quantitative estimate of drug-likeness (QED) is 0.555. The standard InChI is InChI=1S/C7H10N2O/c10-6-1-2-7-8-3-4-9(7)5-6/h3-4,6,10H,1-2,5H2/t6-/m0/s1. The topological polar surface area (TPSA) is 38.1 Å². The Morgan fingerprint density at radius 1 is 1.70 bits per heavy atom. The zero-order valence-electron chi connectivity index (χ0n) is 5.70. The largest absolute Gasteiger partial charge is 0.391 e. The zero-order valence-corrected chi connectivity index (χ0v) is 5.70. The normalized spacial score (nSPS) is 24.3. The van der Waals surface area contributed by atoms with Crippen molar-refractivity contribution in [2.24, 2.45) is 0 Å². The predicted octanol–water partition coefficient (Wildman–Crippen LogP) is 0.190. The molecule has 1 N–H and O–H groups in total. The Kier molecular flexibility index (Phi) is 1.24. The lowest BCUT2D eigenvalue weighted by molar-refractivity contribution is 0.130. The third-order valence-corrected chi connectivity index (χ3v) is 1.91. The molecule has 3 heteroatoms. The van der Waals surface area contributed by atoms with E-state index >= 15 is 0 Å². The van der Waals surface area contributed by atoms with Gasteiger partial charge in [-0.3, -0.25) is 0 Å². The summed E-state index contributed by atoms with van der Waals surface area (Å²) in [4.78, 5) is 4.14. The molecule has 0 amide bonds. The molecule has 3 nitrogen and oxygen atoms in total. The van der Waals surface area contributed by atoms with Crippen molar-refractivity contribution >= 4 is 0 Å². The van der Waals surface area contributed by atoms with Gasteiger partial charge < -0.3 is 9.67 Å². The summed E-state index contributed by atoms with van der Waals surface area (Å²) >= 11 is 0. The van der Waals surface area contributed by atoms with Crippen LogP contribution < -0.4 is 0 Å². The second-order valence-electron chi connectivity index (χ2n) is 2.69. The molecule has 54 valence electrons. The van der Waals surface area contributed by atoms with E-state index in [9.17, 15) is 5.11 Å². The van der Waals surface area contributed by atoms with Crippen LogP contribution in [-0.2, 0) is 13.0 Å². The van der Waals surface area contributed by atoms with E-state index < -0.39 is 0 Å². The van der Waals surface area contributed by atoms with Crippen LogP contribution in [0.4, 0.5) is 0 Å². The molecule has 2 heterocycles. The Hall–Kier alpha value is -0.830.